The number of methoxy groups -OCH3 is 1. The quantitative estimate of drug-likeness (QED) is 0.481. The molecule has 0 radical (unpaired) electrons. The molecule has 0 fully saturated rings. The molecule has 0 spiro atoms. The van der Waals surface area contributed by atoms with Crippen LogP contribution in [0.2, 0.25) is 0 Å². The van der Waals surface area contributed by atoms with Gasteiger partial charge in [-0.15, -0.1) is 11.3 Å². The molecule has 1 heterocycles. The number of hydrogen-bond acceptors (Lipinski definition) is 4. The van der Waals surface area contributed by atoms with Gasteiger partial charge in [-0.3, -0.25) is 4.79 Å². The highest BCUT2D eigenvalue weighted by Gasteiger charge is 2.14. The van der Waals surface area contributed by atoms with Crippen LogP contribution in [-0.4, -0.2) is 18.9 Å². The van der Waals surface area contributed by atoms with Gasteiger partial charge in [0, 0.05) is 22.4 Å². The molecule has 0 saturated heterocycles. The van der Waals surface area contributed by atoms with Crippen molar-refractivity contribution < 1.29 is 14.3 Å². The van der Waals surface area contributed by atoms with Gasteiger partial charge in [0.1, 0.15) is 0 Å². The second kappa shape index (κ2) is 6.82. The van der Waals surface area contributed by atoms with E-state index < -0.39 is 5.97 Å². The van der Waals surface area contributed by atoms with E-state index in [-0.39, 0.29) is 5.78 Å². The van der Waals surface area contributed by atoms with E-state index in [0.717, 1.165) is 4.88 Å². The molecule has 0 aliphatic heterocycles. The molecule has 4 heteroatoms. The van der Waals surface area contributed by atoms with Crippen LogP contribution in [0, 0.1) is 0 Å². The van der Waals surface area contributed by atoms with Gasteiger partial charge in [-0.1, -0.05) is 36.4 Å². The Morgan fingerprint density at radius 1 is 1.15 bits per heavy atom. The van der Waals surface area contributed by atoms with Gasteiger partial charge in [-0.2, -0.15) is 0 Å². The zero-order valence-corrected chi connectivity index (χ0v) is 11.9. The Balaban J connectivity index is 2.24. The summed E-state index contributed by atoms with van der Waals surface area (Å²) in [4.78, 5) is 24.9. The largest absolute Gasteiger partial charge is 0.466 e. The summed E-state index contributed by atoms with van der Waals surface area (Å²) in [5, 5.41) is 1.93. The predicted octanol–water partition coefficient (Wildman–Crippen LogP) is 3.27. The van der Waals surface area contributed by atoms with Crippen molar-refractivity contribution in [3.05, 3.63) is 69.9 Å². The van der Waals surface area contributed by atoms with E-state index >= 15 is 0 Å². The number of carbonyl (C=O) groups is 2. The Labute approximate surface area is 121 Å². The molecule has 0 aliphatic rings. The van der Waals surface area contributed by atoms with E-state index in [1.54, 1.807) is 35.6 Å². The first kappa shape index (κ1) is 14.2. The Bertz CT molecular complexity index is 612. The number of carbonyl (C=O) groups excluding carboxylic acids is 2. The Hall–Kier alpha value is -2.20. The minimum Gasteiger partial charge on any atom is -0.466 e. The molecule has 20 heavy (non-hydrogen) atoms. The molecular formula is C16H14O3S. The van der Waals surface area contributed by atoms with Crippen molar-refractivity contribution in [2.45, 2.75) is 6.42 Å². The number of ketones is 1. The average molecular weight is 286 g/mol. The van der Waals surface area contributed by atoms with E-state index in [9.17, 15) is 9.59 Å². The fraction of sp³-hybridized carbons (Fsp3) is 0.125. The van der Waals surface area contributed by atoms with Gasteiger partial charge >= 0.3 is 5.97 Å². The molecule has 0 bridgehead atoms. The average Bonchev–Trinajstić information content (AvgIpc) is 2.99. The molecule has 1 aromatic heterocycles. The number of allylic oxidation sites excluding steroid dienone is 1. The van der Waals surface area contributed by atoms with Crippen LogP contribution in [-0.2, 0) is 16.0 Å². The molecule has 0 saturated carbocycles. The molecule has 0 N–H and O–H groups in total. The molecule has 2 rings (SSSR count). The summed E-state index contributed by atoms with van der Waals surface area (Å²) >= 11 is 1.54. The van der Waals surface area contributed by atoms with Crippen molar-refractivity contribution in [3.8, 4) is 0 Å². The highest BCUT2D eigenvalue weighted by atomic mass is 32.1. The van der Waals surface area contributed by atoms with Crippen LogP contribution in [0.1, 0.15) is 15.2 Å². The number of benzene rings is 1. The van der Waals surface area contributed by atoms with Gasteiger partial charge in [0.05, 0.1) is 7.11 Å². The summed E-state index contributed by atoms with van der Waals surface area (Å²) in [6.07, 6.45) is 1.77. The normalized spacial score (nSPS) is 11.2. The zero-order chi connectivity index (χ0) is 14.4. The maximum atomic E-state index is 12.1. The lowest BCUT2D eigenvalue weighted by Gasteiger charge is -2.04. The van der Waals surface area contributed by atoms with Crippen LogP contribution < -0.4 is 0 Å². The summed E-state index contributed by atoms with van der Waals surface area (Å²) in [7, 11) is 1.32. The monoisotopic (exact) mass is 286 g/mol. The summed E-state index contributed by atoms with van der Waals surface area (Å²) in [5.74, 6) is -0.662. The van der Waals surface area contributed by atoms with Crippen LogP contribution in [0.5, 0.6) is 0 Å². The standard InChI is InChI=1S/C16H14O3S/c1-19-16(18)13(10-14-8-5-9-20-14)11-15(17)12-6-3-2-4-7-12/h2-9,11H,10H2,1H3. The lowest BCUT2D eigenvalue weighted by Crippen LogP contribution is -2.09. The van der Waals surface area contributed by atoms with Crippen LogP contribution >= 0.6 is 11.3 Å². The maximum absolute atomic E-state index is 12.1. The topological polar surface area (TPSA) is 43.4 Å². The van der Waals surface area contributed by atoms with Gasteiger partial charge < -0.3 is 4.74 Å². The third-order valence-electron chi connectivity index (χ3n) is 2.76. The fourth-order valence-electron chi connectivity index (χ4n) is 1.76. The zero-order valence-electron chi connectivity index (χ0n) is 11.0. The minimum absolute atomic E-state index is 0.192. The van der Waals surface area contributed by atoms with Crippen molar-refractivity contribution in [3.63, 3.8) is 0 Å². The molecule has 102 valence electrons. The molecular weight excluding hydrogens is 272 g/mol. The first-order valence-electron chi connectivity index (χ1n) is 6.11. The Kier molecular flexibility index (Phi) is 4.85. The van der Waals surface area contributed by atoms with Crippen molar-refractivity contribution in [2.24, 2.45) is 0 Å². The van der Waals surface area contributed by atoms with Gasteiger partial charge in [0.15, 0.2) is 5.78 Å². The van der Waals surface area contributed by atoms with Gasteiger partial charge in [0.25, 0.3) is 0 Å². The lowest BCUT2D eigenvalue weighted by atomic mass is 10.1. The predicted molar refractivity (Wildman–Crippen MR) is 78.9 cm³/mol. The Morgan fingerprint density at radius 2 is 1.90 bits per heavy atom. The van der Waals surface area contributed by atoms with E-state index in [0.29, 0.717) is 17.6 Å². The third-order valence-corrected chi connectivity index (χ3v) is 3.63. The molecule has 1 aromatic carbocycles. The first-order valence-corrected chi connectivity index (χ1v) is 6.99. The van der Waals surface area contributed by atoms with Crippen LogP contribution in [0.25, 0.3) is 0 Å². The smallest absolute Gasteiger partial charge is 0.334 e. The molecule has 3 nitrogen and oxygen atoms in total. The minimum atomic E-state index is -0.470. The van der Waals surface area contributed by atoms with E-state index in [1.807, 2.05) is 23.6 Å². The van der Waals surface area contributed by atoms with E-state index in [2.05, 4.69) is 0 Å². The number of esters is 1. The maximum Gasteiger partial charge on any atom is 0.334 e. The number of ether oxygens (including phenoxy) is 1. The van der Waals surface area contributed by atoms with Crippen molar-refractivity contribution in [2.75, 3.05) is 7.11 Å². The lowest BCUT2D eigenvalue weighted by molar-refractivity contribution is -0.136. The highest BCUT2D eigenvalue weighted by Crippen LogP contribution is 2.16. The summed E-state index contributed by atoms with van der Waals surface area (Å²) in [6.45, 7) is 0. The summed E-state index contributed by atoms with van der Waals surface area (Å²) < 4.78 is 4.74. The van der Waals surface area contributed by atoms with E-state index in [4.69, 9.17) is 4.74 Å². The Morgan fingerprint density at radius 3 is 2.50 bits per heavy atom. The summed E-state index contributed by atoms with van der Waals surface area (Å²) in [6, 6.07) is 12.7. The van der Waals surface area contributed by atoms with Crippen LogP contribution in [0.15, 0.2) is 59.5 Å². The fourth-order valence-corrected chi connectivity index (χ4v) is 2.49. The van der Waals surface area contributed by atoms with E-state index in [1.165, 1.54) is 13.2 Å². The molecule has 0 aliphatic carbocycles. The van der Waals surface area contributed by atoms with Gasteiger partial charge in [0.2, 0.25) is 0 Å². The third kappa shape index (κ3) is 3.65. The van der Waals surface area contributed by atoms with Crippen molar-refractivity contribution in [1.29, 1.82) is 0 Å². The number of rotatable bonds is 5. The molecule has 0 atom stereocenters. The number of thiophene rings is 1. The summed E-state index contributed by atoms with van der Waals surface area (Å²) in [5.41, 5.74) is 0.920. The number of hydrogen-bond donors (Lipinski definition) is 0. The second-order valence-electron chi connectivity index (χ2n) is 4.15. The SMILES string of the molecule is COC(=O)C(=CC(=O)c1ccccc1)Cc1cccs1. The van der Waals surface area contributed by atoms with Crippen molar-refractivity contribution in [1.82, 2.24) is 0 Å². The van der Waals surface area contributed by atoms with Gasteiger partial charge in [-0.25, -0.2) is 4.79 Å². The van der Waals surface area contributed by atoms with Gasteiger partial charge in [-0.05, 0) is 17.5 Å². The van der Waals surface area contributed by atoms with Crippen LogP contribution in [0.3, 0.4) is 0 Å². The van der Waals surface area contributed by atoms with Crippen LogP contribution in [0.4, 0.5) is 0 Å². The van der Waals surface area contributed by atoms with Crippen molar-refractivity contribution >= 4 is 23.1 Å². The second-order valence-corrected chi connectivity index (χ2v) is 5.18. The first-order chi connectivity index (χ1) is 9.70. The molecule has 0 amide bonds. The molecule has 2 aromatic rings. The molecule has 0 unspecified atom stereocenters. The highest BCUT2D eigenvalue weighted by molar-refractivity contribution is 7.09.